The van der Waals surface area contributed by atoms with Crippen LogP contribution in [0.4, 0.5) is 0 Å². The summed E-state index contributed by atoms with van der Waals surface area (Å²) in [6, 6.07) is 1.70. The third-order valence-corrected chi connectivity index (χ3v) is 3.49. The second-order valence-electron chi connectivity index (χ2n) is 3.17. The van der Waals surface area contributed by atoms with E-state index in [1.165, 1.54) is 18.7 Å². The molecule has 0 aliphatic rings. The van der Waals surface area contributed by atoms with Crippen molar-refractivity contribution >= 4 is 10.2 Å². The molecule has 0 N–H and O–H groups in total. The van der Waals surface area contributed by atoms with Gasteiger partial charge in [-0.15, -0.1) is 4.09 Å². The van der Waals surface area contributed by atoms with E-state index in [0.717, 1.165) is 8.06 Å². The van der Waals surface area contributed by atoms with Crippen LogP contribution in [0.2, 0.25) is 0 Å². The van der Waals surface area contributed by atoms with Crippen molar-refractivity contribution in [2.24, 2.45) is 0 Å². The first-order valence-electron chi connectivity index (χ1n) is 4.29. The lowest BCUT2D eigenvalue weighted by molar-refractivity contribution is 0.568. The molecule has 0 spiro atoms. The Kier molecular flexibility index (Phi) is 2.11. The first kappa shape index (κ1) is 9.91. The molecule has 2 rings (SSSR count). The maximum absolute atomic E-state index is 12.0. The molecule has 0 aliphatic heterocycles. The molecule has 0 saturated carbocycles. The highest BCUT2D eigenvalue weighted by Gasteiger charge is 2.18. The van der Waals surface area contributed by atoms with Crippen LogP contribution in [-0.4, -0.2) is 26.6 Å². The smallest absolute Gasteiger partial charge is 0.244 e. The van der Waals surface area contributed by atoms with E-state index in [-0.39, 0.29) is 0 Å². The van der Waals surface area contributed by atoms with Gasteiger partial charge in [-0.05, 0) is 19.9 Å². The van der Waals surface area contributed by atoms with Gasteiger partial charge in [0, 0.05) is 12.4 Å². The number of nitrogens with zero attached hydrogens (tertiary/aromatic N) is 4. The Morgan fingerprint density at radius 3 is 2.53 bits per heavy atom. The lowest BCUT2D eigenvalue weighted by Gasteiger charge is -2.05. The van der Waals surface area contributed by atoms with Crippen LogP contribution in [0.3, 0.4) is 0 Å². The van der Waals surface area contributed by atoms with Crippen LogP contribution in [-0.2, 0) is 10.2 Å². The molecule has 0 aliphatic carbocycles. The van der Waals surface area contributed by atoms with Crippen molar-refractivity contribution < 1.29 is 8.42 Å². The monoisotopic (exact) mass is 226 g/mol. The predicted molar refractivity (Wildman–Crippen MR) is 53.6 cm³/mol. The lowest BCUT2D eigenvalue weighted by Crippen LogP contribution is -2.22. The van der Waals surface area contributed by atoms with Gasteiger partial charge in [-0.1, -0.05) is 0 Å². The number of imidazole rings is 1. The summed E-state index contributed by atoms with van der Waals surface area (Å²) in [7, 11) is -3.65. The molecule has 0 saturated heterocycles. The highest BCUT2D eigenvalue weighted by atomic mass is 32.2. The minimum absolute atomic E-state index is 0.571. The molecule has 0 bridgehead atoms. The van der Waals surface area contributed by atoms with Gasteiger partial charge in [0.05, 0.1) is 11.4 Å². The molecule has 15 heavy (non-hydrogen) atoms. The van der Waals surface area contributed by atoms with Crippen LogP contribution in [0.15, 0.2) is 24.8 Å². The zero-order valence-corrected chi connectivity index (χ0v) is 9.14. The maximum Gasteiger partial charge on any atom is 0.350 e. The zero-order chi connectivity index (χ0) is 11.1. The van der Waals surface area contributed by atoms with E-state index in [1.54, 1.807) is 19.9 Å². The van der Waals surface area contributed by atoms with E-state index in [2.05, 4.69) is 10.1 Å². The van der Waals surface area contributed by atoms with Crippen molar-refractivity contribution in [2.45, 2.75) is 13.8 Å². The maximum atomic E-state index is 12.0. The van der Waals surface area contributed by atoms with Crippen molar-refractivity contribution in [3.05, 3.63) is 36.2 Å². The van der Waals surface area contributed by atoms with Crippen molar-refractivity contribution in [3.8, 4) is 0 Å². The largest absolute Gasteiger partial charge is 0.350 e. The Hall–Kier alpha value is -1.63. The fourth-order valence-corrected chi connectivity index (χ4v) is 2.52. The zero-order valence-electron chi connectivity index (χ0n) is 8.32. The van der Waals surface area contributed by atoms with E-state index in [1.807, 2.05) is 0 Å². The van der Waals surface area contributed by atoms with Crippen molar-refractivity contribution in [1.29, 1.82) is 0 Å². The summed E-state index contributed by atoms with van der Waals surface area (Å²) in [5, 5.41) is 3.92. The van der Waals surface area contributed by atoms with Gasteiger partial charge in [-0.25, -0.2) is 8.96 Å². The number of aryl methyl sites for hydroxylation is 2. The minimum Gasteiger partial charge on any atom is -0.244 e. The topological polar surface area (TPSA) is 69.8 Å². The van der Waals surface area contributed by atoms with Gasteiger partial charge in [0.25, 0.3) is 0 Å². The summed E-state index contributed by atoms with van der Waals surface area (Å²) < 4.78 is 25.9. The summed E-state index contributed by atoms with van der Waals surface area (Å²) in [6.45, 7) is 3.43. The molecule has 0 fully saturated rings. The molecular weight excluding hydrogens is 216 g/mol. The summed E-state index contributed by atoms with van der Waals surface area (Å²) in [6.07, 6.45) is 4.00. The first-order chi connectivity index (χ1) is 7.01. The number of hydrogen-bond donors (Lipinski definition) is 0. The molecule has 80 valence electrons. The summed E-state index contributed by atoms with van der Waals surface area (Å²) in [5.41, 5.74) is 1.23. The number of rotatable bonds is 2. The summed E-state index contributed by atoms with van der Waals surface area (Å²) >= 11 is 0. The van der Waals surface area contributed by atoms with Crippen LogP contribution in [0.1, 0.15) is 11.4 Å². The van der Waals surface area contributed by atoms with Crippen molar-refractivity contribution in [1.82, 2.24) is 18.1 Å². The van der Waals surface area contributed by atoms with Crippen LogP contribution in [0, 0.1) is 13.8 Å². The van der Waals surface area contributed by atoms with Crippen LogP contribution >= 0.6 is 0 Å². The minimum atomic E-state index is -3.65. The Bertz CT molecular complexity index is 568. The molecule has 0 aromatic carbocycles. The van der Waals surface area contributed by atoms with Gasteiger partial charge < -0.3 is 0 Å². The first-order valence-corrected chi connectivity index (χ1v) is 5.69. The molecule has 6 nitrogen and oxygen atoms in total. The lowest BCUT2D eigenvalue weighted by atomic mass is 10.4. The van der Waals surface area contributed by atoms with Gasteiger partial charge >= 0.3 is 10.2 Å². The van der Waals surface area contributed by atoms with Gasteiger partial charge in [-0.2, -0.15) is 13.5 Å². The second kappa shape index (κ2) is 3.20. The van der Waals surface area contributed by atoms with Gasteiger partial charge in [0.2, 0.25) is 0 Å². The predicted octanol–water partition coefficient (Wildman–Crippen LogP) is 0.338. The van der Waals surface area contributed by atoms with E-state index < -0.39 is 10.2 Å². The van der Waals surface area contributed by atoms with E-state index in [4.69, 9.17) is 0 Å². The van der Waals surface area contributed by atoms with E-state index in [0.29, 0.717) is 11.4 Å². The molecule has 0 atom stereocenters. The van der Waals surface area contributed by atoms with Gasteiger partial charge in [0.1, 0.15) is 6.33 Å². The Labute approximate surface area is 87.4 Å². The molecular formula is C8H10N4O2S. The van der Waals surface area contributed by atoms with Crippen molar-refractivity contribution in [3.63, 3.8) is 0 Å². The quantitative estimate of drug-likeness (QED) is 0.740. The SMILES string of the molecule is Cc1cc(C)n(S(=O)(=O)n2ccnc2)n1. The second-order valence-corrected chi connectivity index (χ2v) is 4.83. The third kappa shape index (κ3) is 1.54. The highest BCUT2D eigenvalue weighted by molar-refractivity contribution is 7.88. The summed E-state index contributed by atoms with van der Waals surface area (Å²) in [5.74, 6) is 0. The van der Waals surface area contributed by atoms with Crippen LogP contribution in [0.5, 0.6) is 0 Å². The Morgan fingerprint density at radius 1 is 1.33 bits per heavy atom. The van der Waals surface area contributed by atoms with Gasteiger partial charge in [-0.3, -0.25) is 0 Å². The van der Waals surface area contributed by atoms with E-state index >= 15 is 0 Å². The summed E-state index contributed by atoms with van der Waals surface area (Å²) in [4.78, 5) is 3.69. The van der Waals surface area contributed by atoms with Crippen molar-refractivity contribution in [2.75, 3.05) is 0 Å². The van der Waals surface area contributed by atoms with Crippen LogP contribution < -0.4 is 0 Å². The number of hydrogen-bond acceptors (Lipinski definition) is 4. The Balaban J connectivity index is 2.61. The number of aromatic nitrogens is 4. The average molecular weight is 226 g/mol. The fourth-order valence-electron chi connectivity index (χ4n) is 1.31. The van der Waals surface area contributed by atoms with Crippen LogP contribution in [0.25, 0.3) is 0 Å². The normalized spacial score (nSPS) is 11.9. The average Bonchev–Trinajstić information content (AvgIpc) is 2.74. The molecule has 2 aromatic rings. The Morgan fingerprint density at radius 2 is 2.07 bits per heavy atom. The molecule has 7 heteroatoms. The molecule has 0 unspecified atom stereocenters. The third-order valence-electron chi connectivity index (χ3n) is 1.93. The molecule has 0 amide bonds. The highest BCUT2D eigenvalue weighted by Crippen LogP contribution is 2.07. The fraction of sp³-hybridized carbons (Fsp3) is 0.250. The van der Waals surface area contributed by atoms with Gasteiger partial charge in [0.15, 0.2) is 0 Å². The molecule has 2 aromatic heterocycles. The standard InChI is InChI=1S/C8H10N4O2S/c1-7-5-8(2)12(10-7)15(13,14)11-4-3-9-6-11/h3-6H,1-2H3. The molecule has 0 radical (unpaired) electrons. The van der Waals surface area contributed by atoms with E-state index in [9.17, 15) is 8.42 Å². The molecule has 2 heterocycles.